The van der Waals surface area contributed by atoms with Gasteiger partial charge < -0.3 is 4.52 Å². The fraction of sp³-hybridized carbons (Fsp3) is 0.238. The van der Waals surface area contributed by atoms with Crippen molar-refractivity contribution < 1.29 is 4.52 Å². The smallest absolute Gasteiger partial charge is 0.266 e. The van der Waals surface area contributed by atoms with Crippen molar-refractivity contribution in [3.63, 3.8) is 0 Å². The molecule has 2 aromatic heterocycles. The van der Waals surface area contributed by atoms with Gasteiger partial charge in [-0.15, -0.1) is 0 Å². The highest BCUT2D eigenvalue weighted by atomic mass is 35.5. The van der Waals surface area contributed by atoms with E-state index in [1.807, 2.05) is 24.3 Å². The Balaban J connectivity index is 1.92. The SMILES string of the molecule is Cc1noc(CSc2nc3cc(Cl)ccc3c(=O)n2-c2ccccc2C(C)C)n1. The van der Waals surface area contributed by atoms with Crippen molar-refractivity contribution in [3.8, 4) is 5.69 Å². The van der Waals surface area contributed by atoms with E-state index in [1.54, 1.807) is 29.7 Å². The maximum atomic E-state index is 13.5. The third-order valence-electron chi connectivity index (χ3n) is 4.49. The Bertz CT molecular complexity index is 1250. The predicted molar refractivity (Wildman–Crippen MR) is 115 cm³/mol. The first-order valence-corrected chi connectivity index (χ1v) is 10.5. The van der Waals surface area contributed by atoms with E-state index in [4.69, 9.17) is 21.1 Å². The maximum Gasteiger partial charge on any atom is 0.266 e. The number of aryl methyl sites for hydroxylation is 1. The lowest BCUT2D eigenvalue weighted by Crippen LogP contribution is -2.23. The summed E-state index contributed by atoms with van der Waals surface area (Å²) in [5.41, 5.74) is 2.32. The summed E-state index contributed by atoms with van der Waals surface area (Å²) in [6.45, 7) is 5.97. The Morgan fingerprint density at radius 1 is 1.17 bits per heavy atom. The van der Waals surface area contributed by atoms with Crippen LogP contribution in [0.1, 0.15) is 37.0 Å². The summed E-state index contributed by atoms with van der Waals surface area (Å²) in [5.74, 6) is 1.71. The normalized spacial score (nSPS) is 11.5. The highest BCUT2D eigenvalue weighted by Crippen LogP contribution is 2.29. The number of hydrogen-bond acceptors (Lipinski definition) is 6. The standard InChI is InChI=1S/C21H19ClN4O2S/c1-12(2)15-6-4-5-7-18(15)26-20(27)16-9-8-14(22)10-17(16)24-21(26)29-11-19-23-13(3)25-28-19/h4-10,12H,11H2,1-3H3. The van der Waals surface area contributed by atoms with Crippen molar-refractivity contribution in [2.24, 2.45) is 0 Å². The number of benzene rings is 2. The Morgan fingerprint density at radius 3 is 2.69 bits per heavy atom. The van der Waals surface area contributed by atoms with E-state index in [2.05, 4.69) is 24.0 Å². The highest BCUT2D eigenvalue weighted by molar-refractivity contribution is 7.98. The summed E-state index contributed by atoms with van der Waals surface area (Å²) in [4.78, 5) is 22.5. The molecule has 0 radical (unpaired) electrons. The predicted octanol–water partition coefficient (Wildman–Crippen LogP) is 5.15. The monoisotopic (exact) mass is 426 g/mol. The van der Waals surface area contributed by atoms with Crippen molar-refractivity contribution in [2.45, 2.75) is 37.6 Å². The van der Waals surface area contributed by atoms with Crippen LogP contribution in [0.15, 0.2) is 56.9 Å². The molecule has 8 heteroatoms. The van der Waals surface area contributed by atoms with Gasteiger partial charge in [0.1, 0.15) is 0 Å². The zero-order chi connectivity index (χ0) is 20.5. The third-order valence-corrected chi connectivity index (χ3v) is 5.65. The van der Waals surface area contributed by atoms with Gasteiger partial charge in [-0.3, -0.25) is 9.36 Å². The second-order valence-electron chi connectivity index (χ2n) is 6.93. The van der Waals surface area contributed by atoms with Crippen molar-refractivity contribution >= 4 is 34.3 Å². The minimum Gasteiger partial charge on any atom is -0.338 e. The minimum absolute atomic E-state index is 0.135. The van der Waals surface area contributed by atoms with Crippen LogP contribution in [-0.2, 0) is 5.75 Å². The van der Waals surface area contributed by atoms with Crippen LogP contribution in [0.4, 0.5) is 0 Å². The van der Waals surface area contributed by atoms with Gasteiger partial charge in [0.25, 0.3) is 5.56 Å². The lowest BCUT2D eigenvalue weighted by atomic mass is 10.0. The van der Waals surface area contributed by atoms with E-state index >= 15 is 0 Å². The minimum atomic E-state index is -0.135. The summed E-state index contributed by atoms with van der Waals surface area (Å²) in [5, 5.41) is 5.42. The molecule has 148 valence electrons. The van der Waals surface area contributed by atoms with E-state index in [1.165, 1.54) is 11.8 Å². The number of fused-ring (bicyclic) bond motifs is 1. The lowest BCUT2D eigenvalue weighted by molar-refractivity contribution is 0.387. The van der Waals surface area contributed by atoms with Crippen LogP contribution >= 0.6 is 23.4 Å². The Kier molecular flexibility index (Phi) is 5.43. The molecule has 0 saturated heterocycles. The second kappa shape index (κ2) is 8.00. The van der Waals surface area contributed by atoms with Crippen LogP contribution < -0.4 is 5.56 Å². The van der Waals surface area contributed by atoms with Crippen molar-refractivity contribution in [2.75, 3.05) is 0 Å². The fourth-order valence-electron chi connectivity index (χ4n) is 3.15. The number of thioether (sulfide) groups is 1. The molecule has 0 amide bonds. The quantitative estimate of drug-likeness (QED) is 0.324. The summed E-state index contributed by atoms with van der Waals surface area (Å²) in [6.07, 6.45) is 0. The van der Waals surface area contributed by atoms with E-state index in [9.17, 15) is 4.79 Å². The summed E-state index contributed by atoms with van der Waals surface area (Å²) in [6, 6.07) is 13.0. The van der Waals surface area contributed by atoms with Gasteiger partial charge in [-0.25, -0.2) is 4.98 Å². The maximum absolute atomic E-state index is 13.5. The Morgan fingerprint density at radius 2 is 1.97 bits per heavy atom. The van der Waals surface area contributed by atoms with E-state index in [-0.39, 0.29) is 11.5 Å². The lowest BCUT2D eigenvalue weighted by Gasteiger charge is -2.18. The molecule has 0 aliphatic carbocycles. The summed E-state index contributed by atoms with van der Waals surface area (Å²) < 4.78 is 6.88. The first kappa shape index (κ1) is 19.7. The number of para-hydroxylation sites is 1. The molecule has 4 aromatic rings. The first-order chi connectivity index (χ1) is 13.9. The van der Waals surface area contributed by atoms with Gasteiger partial charge >= 0.3 is 0 Å². The van der Waals surface area contributed by atoms with Crippen molar-refractivity contribution in [1.29, 1.82) is 0 Å². The molecule has 2 aromatic carbocycles. The van der Waals surface area contributed by atoms with Gasteiger partial charge in [-0.05, 0) is 42.7 Å². The number of rotatable bonds is 5. The summed E-state index contributed by atoms with van der Waals surface area (Å²) >= 11 is 7.51. The van der Waals surface area contributed by atoms with Gasteiger partial charge in [-0.1, -0.05) is 60.6 Å². The van der Waals surface area contributed by atoms with E-state index in [0.29, 0.717) is 38.5 Å². The molecular weight excluding hydrogens is 408 g/mol. The largest absolute Gasteiger partial charge is 0.338 e. The molecular formula is C21H19ClN4O2S. The number of nitrogens with zero attached hydrogens (tertiary/aromatic N) is 4. The number of aromatic nitrogens is 4. The zero-order valence-corrected chi connectivity index (χ0v) is 17.8. The van der Waals surface area contributed by atoms with Crippen molar-refractivity contribution in [1.82, 2.24) is 19.7 Å². The Hall–Kier alpha value is -2.64. The molecule has 4 rings (SSSR count). The molecule has 0 bridgehead atoms. The molecule has 0 unspecified atom stereocenters. The van der Waals surface area contributed by atoms with Crippen LogP contribution in [0.2, 0.25) is 5.02 Å². The molecule has 0 spiro atoms. The molecule has 0 aliphatic heterocycles. The molecule has 2 heterocycles. The molecule has 0 N–H and O–H groups in total. The fourth-order valence-corrected chi connectivity index (χ4v) is 4.16. The van der Waals surface area contributed by atoms with Crippen LogP contribution in [0.25, 0.3) is 16.6 Å². The molecule has 0 atom stereocenters. The number of hydrogen-bond donors (Lipinski definition) is 0. The number of halogens is 1. The zero-order valence-electron chi connectivity index (χ0n) is 16.2. The first-order valence-electron chi connectivity index (χ1n) is 9.17. The van der Waals surface area contributed by atoms with E-state index < -0.39 is 0 Å². The second-order valence-corrected chi connectivity index (χ2v) is 8.31. The van der Waals surface area contributed by atoms with E-state index in [0.717, 1.165) is 11.3 Å². The van der Waals surface area contributed by atoms with Crippen molar-refractivity contribution in [3.05, 3.63) is 75.1 Å². The van der Waals surface area contributed by atoms with Gasteiger partial charge in [0.05, 0.1) is 22.3 Å². The van der Waals surface area contributed by atoms with Crippen LogP contribution in [0.5, 0.6) is 0 Å². The molecule has 0 saturated carbocycles. The van der Waals surface area contributed by atoms with Gasteiger partial charge in [0.2, 0.25) is 5.89 Å². The van der Waals surface area contributed by atoms with Crippen LogP contribution in [-0.4, -0.2) is 19.7 Å². The average molecular weight is 427 g/mol. The highest BCUT2D eigenvalue weighted by Gasteiger charge is 2.18. The average Bonchev–Trinajstić information content (AvgIpc) is 3.11. The van der Waals surface area contributed by atoms with Gasteiger partial charge in [-0.2, -0.15) is 4.98 Å². The van der Waals surface area contributed by atoms with Gasteiger partial charge in [0, 0.05) is 5.02 Å². The third kappa shape index (κ3) is 3.93. The molecule has 0 fully saturated rings. The summed E-state index contributed by atoms with van der Waals surface area (Å²) in [7, 11) is 0. The van der Waals surface area contributed by atoms with Crippen LogP contribution in [0, 0.1) is 6.92 Å². The van der Waals surface area contributed by atoms with Gasteiger partial charge in [0.15, 0.2) is 11.0 Å². The Labute approximate surface area is 176 Å². The topological polar surface area (TPSA) is 73.8 Å². The van der Waals surface area contributed by atoms with Crippen LogP contribution in [0.3, 0.4) is 0 Å². The molecule has 0 aliphatic rings. The molecule has 6 nitrogen and oxygen atoms in total. The molecule has 29 heavy (non-hydrogen) atoms.